The molecule has 0 aliphatic heterocycles. The molecule has 0 radical (unpaired) electrons. The summed E-state index contributed by atoms with van der Waals surface area (Å²) in [6, 6.07) is 9.30. The standard InChI is InChI=1S/C16H19BrN4O2/c1-10-5-6-11(9-12(10)17)18-13-7-8-14(21-20-13)19-15(22)23-16(2,3)4/h5-9H,1-4H3,(H,18,20)(H,19,21,22). The van der Waals surface area contributed by atoms with Gasteiger partial charge in [-0.2, -0.15) is 0 Å². The molecular formula is C16H19BrN4O2. The normalized spacial score (nSPS) is 11.0. The van der Waals surface area contributed by atoms with Gasteiger partial charge in [-0.3, -0.25) is 5.32 Å². The van der Waals surface area contributed by atoms with Crippen LogP contribution >= 0.6 is 15.9 Å². The lowest BCUT2D eigenvalue weighted by Gasteiger charge is -2.19. The van der Waals surface area contributed by atoms with E-state index in [1.54, 1.807) is 32.9 Å². The van der Waals surface area contributed by atoms with Gasteiger partial charge in [0.25, 0.3) is 0 Å². The molecule has 0 fully saturated rings. The van der Waals surface area contributed by atoms with E-state index in [0.717, 1.165) is 15.7 Å². The van der Waals surface area contributed by atoms with Crippen LogP contribution in [-0.2, 0) is 4.74 Å². The molecule has 2 rings (SSSR count). The van der Waals surface area contributed by atoms with Gasteiger partial charge in [-0.25, -0.2) is 4.79 Å². The van der Waals surface area contributed by atoms with Crippen molar-refractivity contribution in [2.24, 2.45) is 0 Å². The average molecular weight is 379 g/mol. The summed E-state index contributed by atoms with van der Waals surface area (Å²) < 4.78 is 6.17. The molecule has 1 aromatic carbocycles. The van der Waals surface area contributed by atoms with Crippen molar-refractivity contribution in [2.45, 2.75) is 33.3 Å². The smallest absolute Gasteiger partial charge is 0.413 e. The number of carbonyl (C=O) groups excluding carboxylic acids is 1. The number of halogens is 1. The van der Waals surface area contributed by atoms with Gasteiger partial charge in [0.2, 0.25) is 0 Å². The molecule has 1 heterocycles. The van der Waals surface area contributed by atoms with Crippen LogP contribution in [0.1, 0.15) is 26.3 Å². The number of ether oxygens (including phenoxy) is 1. The molecule has 122 valence electrons. The van der Waals surface area contributed by atoms with Crippen LogP contribution in [-0.4, -0.2) is 21.9 Å². The minimum Gasteiger partial charge on any atom is -0.444 e. The molecule has 2 N–H and O–H groups in total. The number of amides is 1. The highest BCUT2D eigenvalue weighted by atomic mass is 79.9. The topological polar surface area (TPSA) is 76.1 Å². The summed E-state index contributed by atoms with van der Waals surface area (Å²) in [5.41, 5.74) is 1.49. The van der Waals surface area contributed by atoms with E-state index < -0.39 is 11.7 Å². The Bertz CT molecular complexity index is 696. The van der Waals surface area contributed by atoms with Gasteiger partial charge >= 0.3 is 6.09 Å². The SMILES string of the molecule is Cc1ccc(Nc2ccc(NC(=O)OC(C)(C)C)nn2)cc1Br. The number of benzene rings is 1. The zero-order valence-electron chi connectivity index (χ0n) is 13.5. The Morgan fingerprint density at radius 2 is 1.78 bits per heavy atom. The number of rotatable bonds is 3. The third kappa shape index (κ3) is 5.52. The van der Waals surface area contributed by atoms with Crippen LogP contribution in [0.2, 0.25) is 0 Å². The summed E-state index contributed by atoms with van der Waals surface area (Å²) in [6.07, 6.45) is -0.560. The Balaban J connectivity index is 1.99. The van der Waals surface area contributed by atoms with Crippen LogP contribution < -0.4 is 10.6 Å². The Morgan fingerprint density at radius 1 is 1.13 bits per heavy atom. The highest BCUT2D eigenvalue weighted by Gasteiger charge is 2.16. The molecule has 1 amide bonds. The van der Waals surface area contributed by atoms with Gasteiger partial charge in [0.15, 0.2) is 11.6 Å². The highest BCUT2D eigenvalue weighted by molar-refractivity contribution is 9.10. The molecule has 0 saturated carbocycles. The van der Waals surface area contributed by atoms with E-state index in [9.17, 15) is 4.79 Å². The third-order valence-corrected chi connectivity index (χ3v) is 3.59. The number of nitrogens with zero attached hydrogens (tertiary/aromatic N) is 2. The van der Waals surface area contributed by atoms with Crippen molar-refractivity contribution in [3.63, 3.8) is 0 Å². The van der Waals surface area contributed by atoms with Crippen LogP contribution in [0.15, 0.2) is 34.8 Å². The predicted octanol–water partition coefficient (Wildman–Crippen LogP) is 4.64. The summed E-state index contributed by atoms with van der Waals surface area (Å²) in [7, 11) is 0. The lowest BCUT2D eigenvalue weighted by atomic mass is 10.2. The summed E-state index contributed by atoms with van der Waals surface area (Å²) >= 11 is 3.48. The monoisotopic (exact) mass is 378 g/mol. The summed E-state index contributed by atoms with van der Waals surface area (Å²) in [6.45, 7) is 7.41. The minimum absolute atomic E-state index is 0.329. The van der Waals surface area contributed by atoms with Gasteiger partial charge in [-0.15, -0.1) is 10.2 Å². The maximum atomic E-state index is 11.7. The zero-order valence-corrected chi connectivity index (χ0v) is 15.1. The number of aromatic nitrogens is 2. The van der Waals surface area contributed by atoms with Crippen molar-refractivity contribution in [1.82, 2.24) is 10.2 Å². The van der Waals surface area contributed by atoms with Crippen molar-refractivity contribution >= 4 is 39.3 Å². The summed E-state index contributed by atoms with van der Waals surface area (Å²) in [5.74, 6) is 0.908. The summed E-state index contributed by atoms with van der Waals surface area (Å²) in [5, 5.41) is 13.7. The number of nitrogens with one attached hydrogen (secondary N) is 2. The van der Waals surface area contributed by atoms with Gasteiger partial charge in [0.05, 0.1) is 0 Å². The van der Waals surface area contributed by atoms with Crippen molar-refractivity contribution in [1.29, 1.82) is 0 Å². The van der Waals surface area contributed by atoms with E-state index in [0.29, 0.717) is 11.6 Å². The molecule has 23 heavy (non-hydrogen) atoms. The number of aryl methyl sites for hydroxylation is 1. The molecular weight excluding hydrogens is 360 g/mol. The Hall–Kier alpha value is -2.15. The van der Waals surface area contributed by atoms with Crippen molar-refractivity contribution < 1.29 is 9.53 Å². The molecule has 0 saturated heterocycles. The Labute approximate surface area is 143 Å². The van der Waals surface area contributed by atoms with Crippen molar-refractivity contribution in [2.75, 3.05) is 10.6 Å². The molecule has 2 aromatic rings. The van der Waals surface area contributed by atoms with Crippen LogP contribution in [0.3, 0.4) is 0 Å². The highest BCUT2D eigenvalue weighted by Crippen LogP contribution is 2.23. The lowest BCUT2D eigenvalue weighted by Crippen LogP contribution is -2.27. The number of carbonyl (C=O) groups is 1. The Kier molecular flexibility index (Phi) is 5.20. The summed E-state index contributed by atoms with van der Waals surface area (Å²) in [4.78, 5) is 11.7. The van der Waals surface area contributed by atoms with Gasteiger partial charge in [-0.05, 0) is 57.5 Å². The minimum atomic E-state index is -0.560. The van der Waals surface area contributed by atoms with Gasteiger partial charge in [0.1, 0.15) is 5.60 Å². The molecule has 0 aliphatic rings. The molecule has 0 aliphatic carbocycles. The van der Waals surface area contributed by atoms with Crippen LogP contribution in [0.5, 0.6) is 0 Å². The average Bonchev–Trinajstić information content (AvgIpc) is 2.43. The molecule has 0 spiro atoms. The maximum Gasteiger partial charge on any atom is 0.413 e. The fraction of sp³-hybridized carbons (Fsp3) is 0.312. The van der Waals surface area contributed by atoms with Crippen molar-refractivity contribution in [3.8, 4) is 0 Å². The van der Waals surface area contributed by atoms with Gasteiger partial charge in [-0.1, -0.05) is 22.0 Å². The van der Waals surface area contributed by atoms with E-state index in [1.807, 2.05) is 25.1 Å². The van der Waals surface area contributed by atoms with E-state index in [-0.39, 0.29) is 0 Å². The second-order valence-corrected chi connectivity index (χ2v) is 6.87. The first-order valence-electron chi connectivity index (χ1n) is 7.10. The largest absolute Gasteiger partial charge is 0.444 e. The quantitative estimate of drug-likeness (QED) is 0.813. The third-order valence-electron chi connectivity index (χ3n) is 2.74. The molecule has 0 bridgehead atoms. The molecule has 6 nitrogen and oxygen atoms in total. The van der Waals surface area contributed by atoms with Crippen LogP contribution in [0.25, 0.3) is 0 Å². The fourth-order valence-electron chi connectivity index (χ4n) is 1.69. The van der Waals surface area contributed by atoms with Gasteiger partial charge in [0, 0.05) is 10.2 Å². The van der Waals surface area contributed by atoms with Crippen molar-refractivity contribution in [3.05, 3.63) is 40.4 Å². The molecule has 0 unspecified atom stereocenters. The van der Waals surface area contributed by atoms with Crippen LogP contribution in [0, 0.1) is 6.92 Å². The van der Waals surface area contributed by atoms with E-state index in [1.165, 1.54) is 0 Å². The first-order valence-corrected chi connectivity index (χ1v) is 7.89. The number of hydrogen-bond donors (Lipinski definition) is 2. The molecule has 1 aromatic heterocycles. The fourth-order valence-corrected chi connectivity index (χ4v) is 2.07. The first kappa shape index (κ1) is 17.2. The van der Waals surface area contributed by atoms with E-state index >= 15 is 0 Å². The Morgan fingerprint density at radius 3 is 2.35 bits per heavy atom. The number of anilines is 3. The lowest BCUT2D eigenvalue weighted by molar-refractivity contribution is 0.0635. The zero-order chi connectivity index (χ0) is 17.0. The predicted molar refractivity (Wildman–Crippen MR) is 94.1 cm³/mol. The second-order valence-electron chi connectivity index (χ2n) is 6.02. The molecule has 7 heteroatoms. The maximum absolute atomic E-state index is 11.7. The van der Waals surface area contributed by atoms with Crippen LogP contribution in [0.4, 0.5) is 22.1 Å². The second kappa shape index (κ2) is 6.95. The van der Waals surface area contributed by atoms with Gasteiger partial charge < -0.3 is 10.1 Å². The van der Waals surface area contributed by atoms with E-state index in [4.69, 9.17) is 4.74 Å². The molecule has 0 atom stereocenters. The first-order chi connectivity index (χ1) is 10.7. The number of hydrogen-bond acceptors (Lipinski definition) is 5. The van der Waals surface area contributed by atoms with E-state index in [2.05, 4.69) is 36.8 Å².